The molecule has 0 aromatic carbocycles. The van der Waals surface area contributed by atoms with Gasteiger partial charge in [-0.2, -0.15) is 0 Å². The number of hydrogen-bond acceptors (Lipinski definition) is 1. The van der Waals surface area contributed by atoms with Crippen molar-refractivity contribution in [1.82, 2.24) is 5.32 Å². The molecule has 25 heavy (non-hydrogen) atoms. The second-order valence-corrected chi connectivity index (χ2v) is 7.74. The fourth-order valence-corrected chi connectivity index (χ4v) is 2.95. The Balaban J connectivity index is 0. The van der Waals surface area contributed by atoms with Gasteiger partial charge >= 0.3 is 0 Å². The predicted octanol–water partition coefficient (Wildman–Crippen LogP) is 5.64. The number of likely N-dealkylation sites (N-methyl/N-ethyl adjacent to an activating group) is 1. The maximum Gasteiger partial charge on any atom is 0.220 e. The van der Waals surface area contributed by atoms with E-state index in [2.05, 4.69) is 32.9 Å². The second-order valence-electron chi connectivity index (χ2n) is 7.74. The van der Waals surface area contributed by atoms with Crippen LogP contribution in [0.5, 0.6) is 0 Å². The number of carbonyl (C=O) groups is 1. The summed E-state index contributed by atoms with van der Waals surface area (Å²) in [5.74, 6) is 0.229. The normalized spacial score (nSPS) is 11.0. The zero-order valence-corrected chi connectivity index (χ0v) is 18.9. The molecular formula is C21H44BrN2O+. The lowest BCUT2D eigenvalue weighted by atomic mass is 10.1. The first-order chi connectivity index (χ1) is 11.5. The van der Waals surface area contributed by atoms with Crippen molar-refractivity contribution in [2.45, 2.75) is 84.0 Å². The molecule has 0 spiro atoms. The van der Waals surface area contributed by atoms with Gasteiger partial charge in [0.2, 0.25) is 5.91 Å². The number of unbranched alkanes of at least 4 members (excludes halogenated alkanes) is 9. The topological polar surface area (TPSA) is 29.1 Å². The van der Waals surface area contributed by atoms with Crippen molar-refractivity contribution in [1.29, 1.82) is 0 Å². The van der Waals surface area contributed by atoms with E-state index < -0.39 is 0 Å². The minimum atomic E-state index is 0. The molecule has 0 aromatic heterocycles. The number of nitrogens with zero attached hydrogens (tertiary/aromatic N) is 1. The maximum absolute atomic E-state index is 11.9. The Morgan fingerprint density at radius 1 is 0.920 bits per heavy atom. The molecule has 0 aromatic rings. The minimum absolute atomic E-state index is 0. The lowest BCUT2D eigenvalue weighted by molar-refractivity contribution is -0.889. The minimum Gasteiger partial charge on any atom is -0.350 e. The highest BCUT2D eigenvalue weighted by Gasteiger charge is 2.14. The van der Waals surface area contributed by atoms with Crippen LogP contribution in [-0.2, 0) is 4.79 Å². The summed E-state index contributed by atoms with van der Waals surface area (Å²) in [6.45, 7) is 9.04. The summed E-state index contributed by atoms with van der Waals surface area (Å²) in [7, 11) is 4.54. The fourth-order valence-electron chi connectivity index (χ4n) is 2.95. The smallest absolute Gasteiger partial charge is 0.220 e. The highest BCUT2D eigenvalue weighted by molar-refractivity contribution is 8.93. The molecule has 0 atom stereocenters. The molecule has 0 radical (unpaired) electrons. The van der Waals surface area contributed by atoms with Crippen LogP contribution < -0.4 is 5.32 Å². The van der Waals surface area contributed by atoms with Crippen LogP contribution in [0.15, 0.2) is 12.7 Å². The Morgan fingerprint density at radius 3 is 2.16 bits per heavy atom. The van der Waals surface area contributed by atoms with E-state index >= 15 is 0 Å². The van der Waals surface area contributed by atoms with Crippen molar-refractivity contribution in [3.63, 3.8) is 0 Å². The van der Waals surface area contributed by atoms with Gasteiger partial charge in [-0.3, -0.25) is 4.79 Å². The van der Waals surface area contributed by atoms with E-state index in [9.17, 15) is 4.79 Å². The molecular weight excluding hydrogens is 376 g/mol. The number of hydrogen-bond donors (Lipinski definition) is 1. The van der Waals surface area contributed by atoms with Gasteiger partial charge in [-0.25, -0.2) is 0 Å². The first-order valence-electron chi connectivity index (χ1n) is 10.2. The largest absolute Gasteiger partial charge is 0.350 e. The number of nitrogens with one attached hydrogen (secondary N) is 1. The molecule has 1 amide bonds. The average Bonchev–Trinajstić information content (AvgIpc) is 2.54. The van der Waals surface area contributed by atoms with Gasteiger partial charge in [0, 0.05) is 6.42 Å². The molecule has 0 aliphatic carbocycles. The molecule has 0 saturated heterocycles. The van der Waals surface area contributed by atoms with Crippen molar-refractivity contribution in [3.05, 3.63) is 12.7 Å². The highest BCUT2D eigenvalue weighted by atomic mass is 79.9. The van der Waals surface area contributed by atoms with Gasteiger partial charge < -0.3 is 9.80 Å². The Labute approximate surface area is 168 Å². The summed E-state index contributed by atoms with van der Waals surface area (Å²) in [4.78, 5) is 11.9. The van der Waals surface area contributed by atoms with Gasteiger partial charge in [-0.15, -0.1) is 23.6 Å². The highest BCUT2D eigenvalue weighted by Crippen LogP contribution is 2.09. The molecule has 0 aliphatic rings. The number of carbonyl (C=O) groups excluding carboxylic acids is 1. The lowest BCUT2D eigenvalue weighted by Crippen LogP contribution is -2.45. The third-order valence-corrected chi connectivity index (χ3v) is 4.72. The van der Waals surface area contributed by atoms with Crippen LogP contribution in [0.2, 0.25) is 0 Å². The molecule has 0 aliphatic heterocycles. The summed E-state index contributed by atoms with van der Waals surface area (Å²) in [6, 6.07) is 0. The molecule has 0 fully saturated rings. The molecule has 0 bridgehead atoms. The van der Waals surface area contributed by atoms with E-state index in [0.29, 0.717) is 6.42 Å². The van der Waals surface area contributed by atoms with Crippen LogP contribution in [0.25, 0.3) is 0 Å². The first kappa shape index (κ1) is 26.9. The Hall–Kier alpha value is -0.350. The molecule has 0 saturated carbocycles. The first-order valence-corrected chi connectivity index (χ1v) is 10.2. The van der Waals surface area contributed by atoms with Gasteiger partial charge in [-0.05, 0) is 32.1 Å². The van der Waals surface area contributed by atoms with Crippen molar-refractivity contribution in [2.24, 2.45) is 0 Å². The van der Waals surface area contributed by atoms with Crippen molar-refractivity contribution in [2.75, 3.05) is 33.7 Å². The second kappa shape index (κ2) is 18.4. The third-order valence-electron chi connectivity index (χ3n) is 4.72. The van der Waals surface area contributed by atoms with Crippen LogP contribution in [0.4, 0.5) is 0 Å². The van der Waals surface area contributed by atoms with Gasteiger partial charge in [0.05, 0.1) is 33.7 Å². The number of rotatable bonds is 17. The summed E-state index contributed by atoms with van der Waals surface area (Å²) >= 11 is 0. The van der Waals surface area contributed by atoms with E-state index in [1.807, 2.05) is 6.08 Å². The molecule has 1 N–H and O–H groups in total. The van der Waals surface area contributed by atoms with Gasteiger partial charge in [0.15, 0.2) is 0 Å². The van der Waals surface area contributed by atoms with E-state index in [1.165, 1.54) is 64.3 Å². The molecule has 150 valence electrons. The average molecular weight is 421 g/mol. The number of allylic oxidation sites excluding steroid dienone is 1. The van der Waals surface area contributed by atoms with E-state index in [4.69, 9.17) is 0 Å². The molecule has 3 nitrogen and oxygen atoms in total. The number of amides is 1. The summed E-state index contributed by atoms with van der Waals surface area (Å²) in [6.07, 6.45) is 16.4. The third kappa shape index (κ3) is 19.8. The van der Waals surface area contributed by atoms with Crippen LogP contribution in [0.3, 0.4) is 0 Å². The van der Waals surface area contributed by atoms with Crippen molar-refractivity contribution < 1.29 is 9.28 Å². The van der Waals surface area contributed by atoms with Crippen LogP contribution in [-0.4, -0.2) is 44.1 Å². The quantitative estimate of drug-likeness (QED) is 0.184. The molecule has 4 heteroatoms. The Kier molecular flexibility index (Phi) is 19.8. The van der Waals surface area contributed by atoms with E-state index in [1.54, 1.807) is 0 Å². The summed E-state index contributed by atoms with van der Waals surface area (Å²) in [5, 5.41) is 3.09. The number of halogens is 1. The summed E-state index contributed by atoms with van der Waals surface area (Å²) in [5.41, 5.74) is 0. The summed E-state index contributed by atoms with van der Waals surface area (Å²) < 4.78 is 1.01. The SMILES string of the molecule is Br.C=CCCCCCCCCC(=O)NCC[N+](C)(C)CCCCCC. The van der Waals surface area contributed by atoms with Gasteiger partial charge in [-0.1, -0.05) is 51.5 Å². The zero-order valence-electron chi connectivity index (χ0n) is 17.2. The maximum atomic E-state index is 11.9. The predicted molar refractivity (Wildman–Crippen MR) is 116 cm³/mol. The Bertz CT molecular complexity index is 319. The van der Waals surface area contributed by atoms with E-state index in [-0.39, 0.29) is 22.9 Å². The molecule has 0 unspecified atom stereocenters. The van der Waals surface area contributed by atoms with Gasteiger partial charge in [0.1, 0.15) is 0 Å². The van der Waals surface area contributed by atoms with Crippen LogP contribution in [0, 0.1) is 0 Å². The number of quaternary nitrogens is 1. The lowest BCUT2D eigenvalue weighted by Gasteiger charge is -2.30. The molecule has 0 rings (SSSR count). The van der Waals surface area contributed by atoms with Crippen LogP contribution >= 0.6 is 17.0 Å². The Morgan fingerprint density at radius 2 is 1.52 bits per heavy atom. The zero-order chi connectivity index (χ0) is 18.1. The van der Waals surface area contributed by atoms with Gasteiger partial charge in [0.25, 0.3) is 0 Å². The monoisotopic (exact) mass is 419 g/mol. The van der Waals surface area contributed by atoms with Crippen molar-refractivity contribution >= 4 is 22.9 Å². The van der Waals surface area contributed by atoms with Crippen LogP contribution in [0.1, 0.15) is 84.0 Å². The fraction of sp³-hybridized carbons (Fsp3) is 0.857. The standard InChI is InChI=1S/C21H42N2O.BrH/c1-5-7-9-11-12-13-14-15-17-21(24)22-18-20-23(3,4)19-16-10-8-6-2;/h5H,1,6-20H2,2-4H3;1H/p+1. The van der Waals surface area contributed by atoms with Crippen molar-refractivity contribution in [3.8, 4) is 0 Å². The molecule has 0 heterocycles. The van der Waals surface area contributed by atoms with E-state index in [0.717, 1.165) is 30.4 Å².